The van der Waals surface area contributed by atoms with Crippen molar-refractivity contribution in [2.45, 2.75) is 51.5 Å². The first kappa shape index (κ1) is 16.2. The molecule has 0 atom stereocenters. The molecule has 4 heteroatoms. The van der Waals surface area contributed by atoms with Gasteiger partial charge < -0.3 is 10.1 Å². The van der Waals surface area contributed by atoms with Crippen molar-refractivity contribution in [2.24, 2.45) is 5.92 Å². The average Bonchev–Trinajstić information content (AvgIpc) is 2.50. The summed E-state index contributed by atoms with van der Waals surface area (Å²) in [7, 11) is 0. The topological polar surface area (TPSA) is 38.3 Å². The van der Waals surface area contributed by atoms with Gasteiger partial charge in [-0.1, -0.05) is 37.1 Å². The minimum absolute atomic E-state index is 0.153. The minimum Gasteiger partial charge on any atom is -0.464 e. The van der Waals surface area contributed by atoms with Crippen LogP contribution in [0.5, 0.6) is 0 Å². The number of hydrogen-bond acceptors (Lipinski definition) is 3. The first-order valence-corrected chi connectivity index (χ1v) is 8.19. The molecule has 1 aromatic carbocycles. The van der Waals surface area contributed by atoms with Crippen molar-refractivity contribution in [3.8, 4) is 0 Å². The fourth-order valence-electron chi connectivity index (χ4n) is 3.05. The van der Waals surface area contributed by atoms with Gasteiger partial charge in [0.1, 0.15) is 5.54 Å². The van der Waals surface area contributed by atoms with Gasteiger partial charge in [-0.2, -0.15) is 0 Å². The van der Waals surface area contributed by atoms with Crippen LogP contribution in [0.25, 0.3) is 0 Å². The van der Waals surface area contributed by atoms with E-state index in [-0.39, 0.29) is 5.97 Å². The average molecular weight is 310 g/mol. The molecule has 1 fully saturated rings. The molecule has 0 aliphatic heterocycles. The van der Waals surface area contributed by atoms with E-state index in [0.717, 1.165) is 31.4 Å². The highest BCUT2D eigenvalue weighted by molar-refractivity contribution is 6.33. The summed E-state index contributed by atoms with van der Waals surface area (Å²) < 4.78 is 5.32. The lowest BCUT2D eigenvalue weighted by Crippen LogP contribution is -2.50. The van der Waals surface area contributed by atoms with Crippen molar-refractivity contribution in [3.05, 3.63) is 29.3 Å². The summed E-state index contributed by atoms with van der Waals surface area (Å²) in [6.45, 7) is 4.46. The number of anilines is 1. The van der Waals surface area contributed by atoms with Gasteiger partial charge in [0.2, 0.25) is 0 Å². The Hall–Kier alpha value is -1.22. The summed E-state index contributed by atoms with van der Waals surface area (Å²) in [6.07, 6.45) is 4.87. The van der Waals surface area contributed by atoms with Crippen molar-refractivity contribution >= 4 is 23.3 Å². The highest BCUT2D eigenvalue weighted by Gasteiger charge is 2.43. The van der Waals surface area contributed by atoms with E-state index in [0.29, 0.717) is 17.5 Å². The maximum absolute atomic E-state index is 12.5. The van der Waals surface area contributed by atoms with Crippen LogP contribution in [0.15, 0.2) is 24.3 Å². The summed E-state index contributed by atoms with van der Waals surface area (Å²) in [6, 6.07) is 7.55. The van der Waals surface area contributed by atoms with Gasteiger partial charge in [-0.3, -0.25) is 0 Å². The molecule has 0 heterocycles. The number of rotatable bonds is 5. The second kappa shape index (κ2) is 7.17. The lowest BCUT2D eigenvalue weighted by Gasteiger charge is -2.39. The molecule has 21 heavy (non-hydrogen) atoms. The Morgan fingerprint density at radius 2 is 2.00 bits per heavy atom. The Labute approximate surface area is 132 Å². The third-order valence-corrected chi connectivity index (χ3v) is 4.78. The molecule has 0 spiro atoms. The monoisotopic (exact) mass is 309 g/mol. The summed E-state index contributed by atoms with van der Waals surface area (Å²) >= 11 is 6.23. The molecule has 2 rings (SSSR count). The normalized spacial score (nSPS) is 25.4. The highest BCUT2D eigenvalue weighted by atomic mass is 35.5. The Bertz CT molecular complexity index is 481. The smallest absolute Gasteiger partial charge is 0.331 e. The summed E-state index contributed by atoms with van der Waals surface area (Å²) in [5, 5.41) is 4.02. The molecule has 0 amide bonds. The van der Waals surface area contributed by atoms with Gasteiger partial charge in [-0.15, -0.1) is 0 Å². The van der Waals surface area contributed by atoms with E-state index in [1.807, 2.05) is 31.2 Å². The van der Waals surface area contributed by atoms with Crippen LogP contribution in [-0.2, 0) is 9.53 Å². The third kappa shape index (κ3) is 3.70. The lowest BCUT2D eigenvalue weighted by atomic mass is 9.75. The maximum Gasteiger partial charge on any atom is 0.331 e. The summed E-state index contributed by atoms with van der Waals surface area (Å²) in [5.74, 6) is 0.556. The van der Waals surface area contributed by atoms with Crippen LogP contribution < -0.4 is 5.32 Å². The van der Waals surface area contributed by atoms with Gasteiger partial charge in [0.25, 0.3) is 0 Å². The fourth-order valence-corrected chi connectivity index (χ4v) is 3.23. The van der Waals surface area contributed by atoms with Crippen molar-refractivity contribution in [1.82, 2.24) is 0 Å². The number of hydrogen-bond donors (Lipinski definition) is 1. The second-order valence-electron chi connectivity index (χ2n) is 5.76. The van der Waals surface area contributed by atoms with Crippen molar-refractivity contribution in [3.63, 3.8) is 0 Å². The van der Waals surface area contributed by atoms with Gasteiger partial charge in [0.05, 0.1) is 17.3 Å². The van der Waals surface area contributed by atoms with Crippen LogP contribution in [0.2, 0.25) is 5.02 Å². The van der Waals surface area contributed by atoms with Crippen molar-refractivity contribution in [1.29, 1.82) is 0 Å². The zero-order valence-corrected chi connectivity index (χ0v) is 13.6. The predicted molar refractivity (Wildman–Crippen MR) is 86.7 cm³/mol. The minimum atomic E-state index is -0.632. The quantitative estimate of drug-likeness (QED) is 0.804. The molecular formula is C17H24ClNO2. The van der Waals surface area contributed by atoms with E-state index < -0.39 is 5.54 Å². The molecule has 3 nitrogen and oxygen atoms in total. The molecule has 0 aromatic heterocycles. The number of esters is 1. The SMILES string of the molecule is CCOC(=O)C1(Nc2ccccc2Cl)CCC(CC)CC1. The summed E-state index contributed by atoms with van der Waals surface area (Å²) in [4.78, 5) is 12.5. The van der Waals surface area contributed by atoms with Gasteiger partial charge in [-0.05, 0) is 50.7 Å². The van der Waals surface area contributed by atoms with E-state index >= 15 is 0 Å². The molecule has 1 aliphatic rings. The van der Waals surface area contributed by atoms with Crippen LogP contribution in [0.3, 0.4) is 0 Å². The van der Waals surface area contributed by atoms with Crippen LogP contribution in [0.1, 0.15) is 46.0 Å². The van der Waals surface area contributed by atoms with E-state index in [1.165, 1.54) is 6.42 Å². The molecule has 0 bridgehead atoms. The number of ether oxygens (including phenoxy) is 1. The molecule has 1 aromatic rings. The molecule has 0 saturated heterocycles. The number of benzene rings is 1. The molecule has 1 saturated carbocycles. The molecule has 0 unspecified atom stereocenters. The number of halogens is 1. The van der Waals surface area contributed by atoms with E-state index in [1.54, 1.807) is 0 Å². The van der Waals surface area contributed by atoms with Crippen LogP contribution in [0, 0.1) is 5.92 Å². The molecule has 0 radical (unpaired) electrons. The predicted octanol–water partition coefficient (Wildman–Crippen LogP) is 4.65. The van der Waals surface area contributed by atoms with E-state index in [4.69, 9.17) is 16.3 Å². The fraction of sp³-hybridized carbons (Fsp3) is 0.588. The van der Waals surface area contributed by atoms with Crippen molar-refractivity contribution in [2.75, 3.05) is 11.9 Å². The van der Waals surface area contributed by atoms with Crippen LogP contribution in [-0.4, -0.2) is 18.1 Å². The number of nitrogens with one attached hydrogen (secondary N) is 1. The van der Waals surface area contributed by atoms with Crippen LogP contribution in [0.4, 0.5) is 5.69 Å². The molecule has 1 aliphatic carbocycles. The lowest BCUT2D eigenvalue weighted by molar-refractivity contribution is -0.150. The third-order valence-electron chi connectivity index (χ3n) is 4.45. The van der Waals surface area contributed by atoms with Crippen molar-refractivity contribution < 1.29 is 9.53 Å². The first-order chi connectivity index (χ1) is 10.1. The summed E-state index contributed by atoms with van der Waals surface area (Å²) in [5.41, 5.74) is 0.175. The maximum atomic E-state index is 12.5. The highest BCUT2D eigenvalue weighted by Crippen LogP contribution is 2.38. The largest absolute Gasteiger partial charge is 0.464 e. The standard InChI is InChI=1S/C17H24ClNO2/c1-3-13-9-11-17(12-10-13,16(20)21-4-2)19-15-8-6-5-7-14(15)18/h5-8,13,19H,3-4,9-12H2,1-2H3. The molecule has 116 valence electrons. The number of carbonyl (C=O) groups excluding carboxylic acids is 1. The molecular weight excluding hydrogens is 286 g/mol. The van der Waals surface area contributed by atoms with E-state index in [2.05, 4.69) is 12.2 Å². The Balaban J connectivity index is 2.21. The van der Waals surface area contributed by atoms with Crippen LogP contribution >= 0.6 is 11.6 Å². The first-order valence-electron chi connectivity index (χ1n) is 7.81. The zero-order chi connectivity index (χ0) is 15.3. The Morgan fingerprint density at radius 3 is 2.57 bits per heavy atom. The van der Waals surface area contributed by atoms with Gasteiger partial charge in [-0.25, -0.2) is 4.79 Å². The van der Waals surface area contributed by atoms with Gasteiger partial charge in [0, 0.05) is 0 Å². The Morgan fingerprint density at radius 1 is 1.33 bits per heavy atom. The Kier molecular flexibility index (Phi) is 5.51. The molecule has 1 N–H and O–H groups in total. The zero-order valence-electron chi connectivity index (χ0n) is 12.8. The number of carbonyl (C=O) groups is 1. The van der Waals surface area contributed by atoms with Gasteiger partial charge in [0.15, 0.2) is 0 Å². The number of para-hydroxylation sites is 1. The second-order valence-corrected chi connectivity index (χ2v) is 6.17. The van der Waals surface area contributed by atoms with E-state index in [9.17, 15) is 4.79 Å². The van der Waals surface area contributed by atoms with Gasteiger partial charge >= 0.3 is 5.97 Å².